The molecule has 0 heterocycles. The van der Waals surface area contributed by atoms with Gasteiger partial charge in [-0.3, -0.25) is 0 Å². The van der Waals surface area contributed by atoms with Crippen molar-refractivity contribution in [1.82, 2.24) is 0 Å². The molecule has 0 fully saturated rings. The third-order valence-corrected chi connectivity index (χ3v) is 0. The van der Waals surface area contributed by atoms with Gasteiger partial charge in [0.2, 0.25) is 0 Å². The van der Waals surface area contributed by atoms with Crippen molar-refractivity contribution in [3.8, 4) is 0 Å². The molecule has 0 aromatic heterocycles. The minimum atomic E-state index is 0. The van der Waals surface area contributed by atoms with Gasteiger partial charge in [0, 0.05) is 0 Å². The predicted octanol–water partition coefficient (Wildman–Crippen LogP) is -0.388. The molecule has 24 valence electrons. The molecule has 0 bridgehead atoms. The molecule has 0 aliphatic heterocycles. The largest absolute Gasteiger partial charge is 3.00 e. The van der Waals surface area contributed by atoms with E-state index in [2.05, 4.69) is 0 Å². The Kier molecular flexibility index (Phi) is 272. The molecule has 0 aromatic carbocycles. The number of hydrogen-bond donors (Lipinski definition) is 0. The van der Waals surface area contributed by atoms with Crippen LogP contribution < -0.4 is 0 Å². The predicted molar refractivity (Wildman–Crippen MR) is 27.8 cm³/mol. The van der Waals surface area contributed by atoms with Crippen LogP contribution in [0.4, 0.5) is 0 Å². The normalized spacial score (nSPS) is 0. The van der Waals surface area contributed by atoms with E-state index in [-0.39, 0.29) is 93.4 Å². The maximum absolute atomic E-state index is 0. The second kappa shape index (κ2) is 29.3. The fraction of sp³-hybridized carbons (Fsp3) is 0. The molecule has 0 aliphatic rings. The van der Waals surface area contributed by atoms with Crippen LogP contribution in [-0.2, 0) is 40.5 Å². The maximum atomic E-state index is 0. The van der Waals surface area contributed by atoms with Crippen LogP contribution in [0.3, 0.4) is 0 Å². The molecule has 0 aromatic rings. The van der Waals surface area contributed by atoms with Crippen molar-refractivity contribution in [2.75, 3.05) is 0 Å². The molecule has 0 saturated heterocycles. The Labute approximate surface area is 91.9 Å². The summed E-state index contributed by atoms with van der Waals surface area (Å²) in [4.78, 5) is 0. The van der Waals surface area contributed by atoms with Crippen molar-refractivity contribution in [2.45, 2.75) is 0 Å². The van der Waals surface area contributed by atoms with E-state index in [9.17, 15) is 0 Å². The molecular formula is AlLaS3. The van der Waals surface area contributed by atoms with Crippen LogP contribution in [0, 0.1) is 35.6 Å². The maximum Gasteiger partial charge on any atom is 3.00 e. The fourth-order valence-corrected chi connectivity index (χ4v) is 0. The molecular weight excluding hydrogens is 262 g/mol. The minimum Gasteiger partial charge on any atom is -2.00 e. The molecule has 0 atom stereocenters. The first-order valence-electron chi connectivity index (χ1n) is 0. The van der Waals surface area contributed by atoms with Crippen LogP contribution in [-0.4, -0.2) is 17.4 Å². The smallest absolute Gasteiger partial charge is 2.00 e. The van der Waals surface area contributed by atoms with Crippen molar-refractivity contribution < 1.29 is 35.6 Å². The van der Waals surface area contributed by atoms with Crippen molar-refractivity contribution >= 4 is 57.8 Å². The Bertz CT molecular complexity index is 6.85. The Balaban J connectivity index is 0. The van der Waals surface area contributed by atoms with Gasteiger partial charge in [-0.2, -0.15) is 0 Å². The quantitative estimate of drug-likeness (QED) is 0.522. The van der Waals surface area contributed by atoms with Crippen molar-refractivity contribution in [3.63, 3.8) is 0 Å². The standard InChI is InChI=1S/Al.La.3S/q2*+3;3*-2. The average Bonchev–Trinajstić information content (AvgIpc) is 0. The van der Waals surface area contributed by atoms with Crippen LogP contribution in [0.25, 0.3) is 0 Å². The van der Waals surface area contributed by atoms with Gasteiger partial charge in [-0.25, -0.2) is 0 Å². The van der Waals surface area contributed by atoms with E-state index in [0.29, 0.717) is 0 Å². The van der Waals surface area contributed by atoms with Crippen molar-refractivity contribution in [2.24, 2.45) is 0 Å². The van der Waals surface area contributed by atoms with Crippen LogP contribution in [0.2, 0.25) is 0 Å². The molecule has 0 radical (unpaired) electrons. The van der Waals surface area contributed by atoms with E-state index < -0.39 is 0 Å². The molecule has 0 N–H and O–H groups in total. The molecule has 0 rings (SSSR count). The molecule has 0 saturated carbocycles. The summed E-state index contributed by atoms with van der Waals surface area (Å²) in [6.45, 7) is 0. The summed E-state index contributed by atoms with van der Waals surface area (Å²) in [5.74, 6) is 0. The summed E-state index contributed by atoms with van der Waals surface area (Å²) >= 11 is 0. The molecule has 0 spiro atoms. The molecule has 5 heteroatoms. The molecule has 0 unspecified atom stereocenters. The first-order valence-corrected chi connectivity index (χ1v) is 0. The topological polar surface area (TPSA) is 0 Å². The minimum absolute atomic E-state index is 0. The summed E-state index contributed by atoms with van der Waals surface area (Å²) in [5, 5.41) is 0. The third-order valence-electron chi connectivity index (χ3n) is 0. The Morgan fingerprint density at radius 2 is 0.600 bits per heavy atom. The molecule has 0 nitrogen and oxygen atoms in total. The monoisotopic (exact) mass is 262 g/mol. The Morgan fingerprint density at radius 3 is 0.600 bits per heavy atom. The van der Waals surface area contributed by atoms with Gasteiger partial charge in [-0.05, 0) is 0 Å². The summed E-state index contributed by atoms with van der Waals surface area (Å²) in [7, 11) is 0. The van der Waals surface area contributed by atoms with Gasteiger partial charge in [-0.1, -0.05) is 0 Å². The van der Waals surface area contributed by atoms with Crippen molar-refractivity contribution in [1.29, 1.82) is 0 Å². The van der Waals surface area contributed by atoms with E-state index in [1.807, 2.05) is 0 Å². The van der Waals surface area contributed by atoms with Crippen LogP contribution in [0.15, 0.2) is 0 Å². The van der Waals surface area contributed by atoms with Gasteiger partial charge >= 0.3 is 53.0 Å². The zero-order valence-corrected chi connectivity index (χ0v) is 9.61. The van der Waals surface area contributed by atoms with Crippen molar-refractivity contribution in [3.05, 3.63) is 0 Å². The Morgan fingerprint density at radius 1 is 0.600 bits per heavy atom. The number of rotatable bonds is 0. The van der Waals surface area contributed by atoms with Gasteiger partial charge in [0.05, 0.1) is 0 Å². The molecule has 5 heavy (non-hydrogen) atoms. The van der Waals surface area contributed by atoms with Crippen LogP contribution >= 0.6 is 0 Å². The van der Waals surface area contributed by atoms with E-state index in [4.69, 9.17) is 0 Å². The first-order chi connectivity index (χ1) is 0. The zero-order chi connectivity index (χ0) is 0. The van der Waals surface area contributed by atoms with Gasteiger partial charge in [0.25, 0.3) is 0 Å². The van der Waals surface area contributed by atoms with E-state index in [1.54, 1.807) is 0 Å². The second-order valence-corrected chi connectivity index (χ2v) is 0. The average molecular weight is 262 g/mol. The van der Waals surface area contributed by atoms with Gasteiger partial charge in [0.15, 0.2) is 0 Å². The summed E-state index contributed by atoms with van der Waals surface area (Å²) < 4.78 is 0. The molecule has 0 amide bonds. The Hall–Kier alpha value is 2.78. The van der Waals surface area contributed by atoms with E-state index >= 15 is 0 Å². The summed E-state index contributed by atoms with van der Waals surface area (Å²) in [6, 6.07) is 0. The van der Waals surface area contributed by atoms with Gasteiger partial charge in [0.1, 0.15) is 0 Å². The second-order valence-electron chi connectivity index (χ2n) is 0. The van der Waals surface area contributed by atoms with E-state index in [1.165, 1.54) is 0 Å². The summed E-state index contributed by atoms with van der Waals surface area (Å²) in [6.07, 6.45) is 0. The summed E-state index contributed by atoms with van der Waals surface area (Å²) in [5.41, 5.74) is 0. The zero-order valence-electron chi connectivity index (χ0n) is 2.38. The van der Waals surface area contributed by atoms with E-state index in [0.717, 1.165) is 0 Å². The third kappa shape index (κ3) is 20.1. The van der Waals surface area contributed by atoms with Gasteiger partial charge < -0.3 is 40.5 Å². The van der Waals surface area contributed by atoms with Crippen LogP contribution in [0.1, 0.15) is 0 Å². The first kappa shape index (κ1) is 46.3. The van der Waals surface area contributed by atoms with Gasteiger partial charge in [-0.15, -0.1) is 0 Å². The SMILES string of the molecule is [Al+3].[La+3].[S-2].[S-2].[S-2]. The molecule has 0 aliphatic carbocycles. The number of hydrogen-bond acceptors (Lipinski definition) is 0. The van der Waals surface area contributed by atoms with Crippen LogP contribution in [0.5, 0.6) is 0 Å². The fourth-order valence-electron chi connectivity index (χ4n) is 0.